The van der Waals surface area contributed by atoms with Gasteiger partial charge in [-0.25, -0.2) is 8.42 Å². The Morgan fingerprint density at radius 3 is 2.75 bits per heavy atom. The van der Waals surface area contributed by atoms with Crippen molar-refractivity contribution >= 4 is 15.5 Å². The van der Waals surface area contributed by atoms with E-state index in [9.17, 15) is 8.42 Å². The van der Waals surface area contributed by atoms with E-state index in [1.165, 1.54) is 0 Å². The van der Waals surface area contributed by atoms with Crippen molar-refractivity contribution in [1.82, 2.24) is 0 Å². The monoisotopic (exact) mass is 241 g/mol. The second kappa shape index (κ2) is 3.75. The van der Waals surface area contributed by atoms with Crippen LogP contribution < -0.4 is 5.32 Å². The van der Waals surface area contributed by atoms with Crippen molar-refractivity contribution in [3.05, 3.63) is 23.3 Å². The van der Waals surface area contributed by atoms with Crippen LogP contribution in [-0.2, 0) is 9.84 Å². The van der Waals surface area contributed by atoms with Crippen molar-refractivity contribution in [1.29, 1.82) is 0 Å². The van der Waals surface area contributed by atoms with E-state index in [0.29, 0.717) is 10.6 Å². The van der Waals surface area contributed by atoms with Gasteiger partial charge in [-0.15, -0.1) is 0 Å². The molecule has 0 spiro atoms. The fourth-order valence-electron chi connectivity index (χ4n) is 1.93. The van der Waals surface area contributed by atoms with Gasteiger partial charge in [0.2, 0.25) is 0 Å². The summed E-state index contributed by atoms with van der Waals surface area (Å²) in [6.07, 6.45) is 0. The molecule has 1 atom stereocenters. The second-order valence-corrected chi connectivity index (χ2v) is 6.19. The van der Waals surface area contributed by atoms with Gasteiger partial charge in [0.05, 0.1) is 29.0 Å². The predicted molar refractivity (Wildman–Crippen MR) is 62.5 cm³/mol. The molecule has 0 aliphatic carbocycles. The molecule has 1 unspecified atom stereocenters. The number of fused-ring (bicyclic) bond motifs is 1. The van der Waals surface area contributed by atoms with Crippen LogP contribution in [0.2, 0.25) is 0 Å². The fraction of sp³-hybridized carbons (Fsp3) is 0.455. The third kappa shape index (κ3) is 1.70. The Kier molecular flexibility index (Phi) is 2.67. The van der Waals surface area contributed by atoms with Gasteiger partial charge in [0.25, 0.3) is 0 Å². The normalized spacial score (nSPS) is 22.3. The lowest BCUT2D eigenvalue weighted by molar-refractivity contribution is 0.281. The molecule has 2 rings (SSSR count). The molecule has 0 radical (unpaired) electrons. The van der Waals surface area contributed by atoms with Crippen LogP contribution in [0.3, 0.4) is 0 Å². The summed E-state index contributed by atoms with van der Waals surface area (Å²) in [6, 6.07) is 3.04. The van der Waals surface area contributed by atoms with Crippen molar-refractivity contribution in [2.24, 2.45) is 0 Å². The molecule has 0 saturated carbocycles. The van der Waals surface area contributed by atoms with E-state index < -0.39 is 15.9 Å². The fourth-order valence-corrected chi connectivity index (χ4v) is 3.62. The van der Waals surface area contributed by atoms with Crippen molar-refractivity contribution < 1.29 is 13.5 Å². The molecule has 0 fully saturated rings. The van der Waals surface area contributed by atoms with E-state index in [2.05, 4.69) is 5.32 Å². The number of nitrogens with one attached hydrogen (secondary N) is 1. The minimum absolute atomic E-state index is 0.0427. The van der Waals surface area contributed by atoms with E-state index in [-0.39, 0.29) is 12.4 Å². The first-order valence-corrected chi connectivity index (χ1v) is 6.81. The Bertz CT molecular complexity index is 522. The van der Waals surface area contributed by atoms with Crippen LogP contribution >= 0.6 is 0 Å². The molecule has 4 nitrogen and oxygen atoms in total. The molecule has 1 aliphatic rings. The largest absolute Gasteiger partial charge is 0.394 e. The maximum Gasteiger partial charge on any atom is 0.182 e. The zero-order chi connectivity index (χ0) is 11.9. The van der Waals surface area contributed by atoms with Crippen LogP contribution in [0.15, 0.2) is 17.0 Å². The number of aliphatic hydroxyl groups excluding tert-OH is 1. The van der Waals surface area contributed by atoms with Gasteiger partial charge in [0, 0.05) is 0 Å². The lowest BCUT2D eigenvalue weighted by atomic mass is 10.1. The number of sulfone groups is 1. The third-order valence-electron chi connectivity index (χ3n) is 3.02. The van der Waals surface area contributed by atoms with Crippen LogP contribution in [-0.4, -0.2) is 31.9 Å². The predicted octanol–water partition coefficient (Wildman–Crippen LogP) is 0.864. The summed E-state index contributed by atoms with van der Waals surface area (Å²) in [6.45, 7) is 3.65. The van der Waals surface area contributed by atoms with Gasteiger partial charge in [-0.1, -0.05) is 6.07 Å². The van der Waals surface area contributed by atoms with Gasteiger partial charge in [-0.2, -0.15) is 0 Å². The minimum Gasteiger partial charge on any atom is -0.394 e. The number of benzene rings is 1. The summed E-state index contributed by atoms with van der Waals surface area (Å²) in [5.74, 6) is -0.0427. The molecule has 1 aliphatic heterocycles. The van der Waals surface area contributed by atoms with Crippen LogP contribution in [0.1, 0.15) is 11.1 Å². The molecule has 1 heterocycles. The first kappa shape index (κ1) is 11.4. The molecule has 0 bridgehead atoms. The maximum absolute atomic E-state index is 12.0. The summed E-state index contributed by atoms with van der Waals surface area (Å²) < 4.78 is 23.9. The molecule has 1 aromatic rings. The standard InChI is InChI=1S/C11H15NO3S/c1-7-3-4-10-11(8(7)2)12-9(5-13)6-16(10,14)15/h3-4,9,12-13H,5-6H2,1-2H3. The van der Waals surface area contributed by atoms with E-state index in [1.807, 2.05) is 19.9 Å². The molecule has 0 saturated heterocycles. The van der Waals surface area contributed by atoms with Crippen molar-refractivity contribution in [3.63, 3.8) is 0 Å². The van der Waals surface area contributed by atoms with Gasteiger partial charge >= 0.3 is 0 Å². The summed E-state index contributed by atoms with van der Waals surface area (Å²) in [5.41, 5.74) is 2.62. The van der Waals surface area contributed by atoms with E-state index in [1.54, 1.807) is 6.07 Å². The second-order valence-electron chi connectivity index (χ2n) is 4.19. The quantitative estimate of drug-likeness (QED) is 0.765. The van der Waals surface area contributed by atoms with Gasteiger partial charge in [0.15, 0.2) is 9.84 Å². The summed E-state index contributed by atoms with van der Waals surface area (Å²) in [4.78, 5) is 0.348. The smallest absolute Gasteiger partial charge is 0.182 e. The average molecular weight is 241 g/mol. The lowest BCUT2D eigenvalue weighted by Crippen LogP contribution is -2.37. The highest BCUT2D eigenvalue weighted by atomic mass is 32.2. The zero-order valence-corrected chi connectivity index (χ0v) is 10.1. The van der Waals surface area contributed by atoms with Crippen molar-refractivity contribution in [2.75, 3.05) is 17.7 Å². The third-order valence-corrected chi connectivity index (χ3v) is 4.87. The van der Waals surface area contributed by atoms with Crippen molar-refractivity contribution in [2.45, 2.75) is 24.8 Å². The highest BCUT2D eigenvalue weighted by Gasteiger charge is 2.30. The molecule has 1 aromatic carbocycles. The van der Waals surface area contributed by atoms with E-state index in [4.69, 9.17) is 5.11 Å². The maximum atomic E-state index is 12.0. The Hall–Kier alpha value is -1.07. The topological polar surface area (TPSA) is 66.4 Å². The molecule has 16 heavy (non-hydrogen) atoms. The molecule has 88 valence electrons. The lowest BCUT2D eigenvalue weighted by Gasteiger charge is -2.27. The van der Waals surface area contributed by atoms with E-state index >= 15 is 0 Å². The Balaban J connectivity index is 2.64. The van der Waals surface area contributed by atoms with Crippen LogP contribution in [0.25, 0.3) is 0 Å². The van der Waals surface area contributed by atoms with Gasteiger partial charge < -0.3 is 10.4 Å². The highest BCUT2D eigenvalue weighted by molar-refractivity contribution is 7.91. The Morgan fingerprint density at radius 1 is 1.44 bits per heavy atom. The molecular formula is C11H15NO3S. The molecule has 0 aromatic heterocycles. The molecular weight excluding hydrogens is 226 g/mol. The van der Waals surface area contributed by atoms with Crippen LogP contribution in [0, 0.1) is 13.8 Å². The number of aryl methyl sites for hydroxylation is 1. The molecule has 5 heteroatoms. The summed E-state index contributed by atoms with van der Waals surface area (Å²) in [7, 11) is -3.27. The van der Waals surface area contributed by atoms with E-state index in [0.717, 1.165) is 11.1 Å². The van der Waals surface area contributed by atoms with Crippen LogP contribution in [0.5, 0.6) is 0 Å². The van der Waals surface area contributed by atoms with Crippen LogP contribution in [0.4, 0.5) is 5.69 Å². The number of rotatable bonds is 1. The van der Waals surface area contributed by atoms with Gasteiger partial charge in [-0.05, 0) is 31.0 Å². The Labute approximate surface area is 95.2 Å². The summed E-state index contributed by atoms with van der Waals surface area (Å²) >= 11 is 0. The number of hydrogen-bond acceptors (Lipinski definition) is 4. The highest BCUT2D eigenvalue weighted by Crippen LogP contribution is 2.32. The number of aliphatic hydroxyl groups is 1. The number of anilines is 1. The zero-order valence-electron chi connectivity index (χ0n) is 9.32. The van der Waals surface area contributed by atoms with Gasteiger partial charge in [0.1, 0.15) is 0 Å². The Morgan fingerprint density at radius 2 is 2.12 bits per heavy atom. The first-order valence-electron chi connectivity index (χ1n) is 5.16. The van der Waals surface area contributed by atoms with Gasteiger partial charge in [-0.3, -0.25) is 0 Å². The minimum atomic E-state index is -3.27. The number of hydrogen-bond donors (Lipinski definition) is 2. The SMILES string of the molecule is Cc1ccc2c(c1C)NC(CO)CS2(=O)=O. The molecule has 0 amide bonds. The first-order chi connectivity index (χ1) is 7.45. The van der Waals surface area contributed by atoms with Crippen molar-refractivity contribution in [3.8, 4) is 0 Å². The summed E-state index contributed by atoms with van der Waals surface area (Å²) in [5, 5.41) is 12.2. The molecule has 2 N–H and O–H groups in total. The average Bonchev–Trinajstić information content (AvgIpc) is 2.22.